The first-order valence-electron chi connectivity index (χ1n) is 4.24. The van der Waals surface area contributed by atoms with E-state index in [1.54, 1.807) is 7.11 Å². The number of methoxy groups -OCH3 is 1. The molecule has 0 aliphatic rings. The average molecular weight is 276 g/mol. The van der Waals surface area contributed by atoms with Crippen LogP contribution in [-0.4, -0.2) is 12.4 Å². The molecule has 1 aromatic rings. The number of halogens is 2. The minimum atomic E-state index is 0.713. The second-order valence-corrected chi connectivity index (χ2v) is 3.95. The van der Waals surface area contributed by atoms with Crippen LogP contribution in [0.5, 0.6) is 5.75 Å². The Hall–Kier alpha value is -0.470. The van der Waals surface area contributed by atoms with Crippen LogP contribution in [0.3, 0.4) is 0 Å². The zero-order valence-electron chi connectivity index (χ0n) is 8.18. The van der Waals surface area contributed by atoms with Crippen molar-refractivity contribution in [1.29, 1.82) is 0 Å². The molecular formula is C11H12BrClO. The van der Waals surface area contributed by atoms with Crippen LogP contribution in [0, 0.1) is 0 Å². The van der Waals surface area contributed by atoms with Crippen molar-refractivity contribution in [2.45, 2.75) is 6.92 Å². The molecule has 0 N–H and O–H groups in total. The van der Waals surface area contributed by atoms with E-state index in [9.17, 15) is 0 Å². The molecule has 0 saturated heterocycles. The van der Waals surface area contributed by atoms with Gasteiger partial charge in [0.25, 0.3) is 0 Å². The van der Waals surface area contributed by atoms with Crippen LogP contribution in [0.4, 0.5) is 0 Å². The molecule has 0 spiro atoms. The monoisotopic (exact) mass is 274 g/mol. The molecule has 0 radical (unpaired) electrons. The molecule has 0 aromatic heterocycles. The van der Waals surface area contributed by atoms with Crippen molar-refractivity contribution >= 4 is 33.6 Å². The third-order valence-corrected chi connectivity index (χ3v) is 3.05. The van der Waals surface area contributed by atoms with Crippen molar-refractivity contribution in [1.82, 2.24) is 0 Å². The Bertz CT molecular complexity index is 347. The Kier molecular flexibility index (Phi) is 4.49. The third kappa shape index (κ3) is 2.76. The number of alkyl halides is 1. The number of allylic oxidation sites excluding steroid dienone is 1. The van der Waals surface area contributed by atoms with Crippen LogP contribution in [-0.2, 0) is 0 Å². The van der Waals surface area contributed by atoms with Crippen molar-refractivity contribution in [2.24, 2.45) is 0 Å². The van der Waals surface area contributed by atoms with E-state index in [0.717, 1.165) is 16.6 Å². The summed E-state index contributed by atoms with van der Waals surface area (Å²) >= 11 is 9.46. The summed E-state index contributed by atoms with van der Waals surface area (Å²) in [5.41, 5.74) is 2.14. The summed E-state index contributed by atoms with van der Waals surface area (Å²) in [6.45, 7) is 2.04. The van der Waals surface area contributed by atoms with Gasteiger partial charge in [0.05, 0.1) is 12.1 Å². The Labute approximate surface area is 97.9 Å². The van der Waals surface area contributed by atoms with Gasteiger partial charge in [0.1, 0.15) is 5.75 Å². The molecule has 0 fully saturated rings. The Morgan fingerprint density at radius 1 is 1.57 bits per heavy atom. The van der Waals surface area contributed by atoms with Gasteiger partial charge < -0.3 is 4.74 Å². The molecule has 0 bridgehead atoms. The normalized spacial score (nSPS) is 11.6. The van der Waals surface area contributed by atoms with Crippen LogP contribution in [0.15, 0.2) is 23.8 Å². The van der Waals surface area contributed by atoms with Crippen molar-refractivity contribution in [3.8, 4) is 5.75 Å². The number of hydrogen-bond donors (Lipinski definition) is 0. The van der Waals surface area contributed by atoms with Gasteiger partial charge in [-0.25, -0.2) is 0 Å². The molecule has 1 rings (SSSR count). The summed E-state index contributed by atoms with van der Waals surface area (Å²) in [4.78, 5) is 0. The number of rotatable bonds is 3. The number of ether oxygens (including phenoxy) is 1. The topological polar surface area (TPSA) is 9.23 Å². The van der Waals surface area contributed by atoms with E-state index in [1.165, 1.54) is 5.57 Å². The molecule has 0 heterocycles. The molecule has 0 atom stereocenters. The van der Waals surface area contributed by atoms with E-state index in [-0.39, 0.29) is 0 Å². The maximum atomic E-state index is 6.07. The third-order valence-electron chi connectivity index (χ3n) is 1.83. The fraction of sp³-hybridized carbons (Fsp3) is 0.273. The van der Waals surface area contributed by atoms with Gasteiger partial charge >= 0.3 is 0 Å². The Balaban J connectivity index is 3.17. The number of hydrogen-bond acceptors (Lipinski definition) is 1. The van der Waals surface area contributed by atoms with Crippen molar-refractivity contribution in [3.05, 3.63) is 34.4 Å². The molecular weight excluding hydrogens is 263 g/mol. The smallest absolute Gasteiger partial charge is 0.127 e. The van der Waals surface area contributed by atoms with Gasteiger partial charge in [-0.2, -0.15) is 0 Å². The van der Waals surface area contributed by atoms with Crippen molar-refractivity contribution < 1.29 is 4.74 Å². The predicted octanol–water partition coefficient (Wildman–Crippen LogP) is 4.15. The van der Waals surface area contributed by atoms with Crippen molar-refractivity contribution in [3.63, 3.8) is 0 Å². The highest BCUT2D eigenvalue weighted by molar-refractivity contribution is 9.09. The van der Waals surface area contributed by atoms with Crippen LogP contribution in [0.25, 0.3) is 6.08 Å². The van der Waals surface area contributed by atoms with Gasteiger partial charge in [-0.1, -0.05) is 39.2 Å². The highest BCUT2D eigenvalue weighted by Crippen LogP contribution is 2.28. The van der Waals surface area contributed by atoms with Gasteiger partial charge in [0.15, 0.2) is 0 Å². The van der Waals surface area contributed by atoms with Crippen LogP contribution >= 0.6 is 27.5 Å². The van der Waals surface area contributed by atoms with E-state index in [4.69, 9.17) is 16.3 Å². The van der Waals surface area contributed by atoms with E-state index >= 15 is 0 Å². The SMILES string of the molecule is COc1cccc(Cl)c1/C=C(/C)CBr. The second kappa shape index (κ2) is 5.42. The van der Waals surface area contributed by atoms with Crippen LogP contribution < -0.4 is 4.74 Å². The molecule has 0 saturated carbocycles. The Morgan fingerprint density at radius 3 is 2.86 bits per heavy atom. The van der Waals surface area contributed by atoms with Gasteiger partial charge in [-0.15, -0.1) is 0 Å². The zero-order valence-corrected chi connectivity index (χ0v) is 10.5. The lowest BCUT2D eigenvalue weighted by Crippen LogP contribution is -1.88. The molecule has 1 aromatic carbocycles. The summed E-state index contributed by atoms with van der Waals surface area (Å²) in [6, 6.07) is 5.64. The lowest BCUT2D eigenvalue weighted by molar-refractivity contribution is 0.414. The molecule has 1 nitrogen and oxygen atoms in total. The van der Waals surface area contributed by atoms with Gasteiger partial charge in [-0.05, 0) is 25.1 Å². The fourth-order valence-electron chi connectivity index (χ4n) is 1.12. The van der Waals surface area contributed by atoms with Gasteiger partial charge in [0.2, 0.25) is 0 Å². The van der Waals surface area contributed by atoms with E-state index in [2.05, 4.69) is 15.9 Å². The molecule has 0 unspecified atom stereocenters. The molecule has 0 amide bonds. The predicted molar refractivity (Wildman–Crippen MR) is 65.4 cm³/mol. The summed E-state index contributed by atoms with van der Waals surface area (Å²) < 4.78 is 5.23. The largest absolute Gasteiger partial charge is 0.496 e. The first-order chi connectivity index (χ1) is 6.69. The maximum absolute atomic E-state index is 6.07. The zero-order chi connectivity index (χ0) is 10.6. The lowest BCUT2D eigenvalue weighted by Gasteiger charge is -2.07. The summed E-state index contributed by atoms with van der Waals surface area (Å²) in [5.74, 6) is 0.804. The molecule has 3 heteroatoms. The highest BCUT2D eigenvalue weighted by atomic mass is 79.9. The molecule has 0 aliphatic carbocycles. The fourth-order valence-corrected chi connectivity index (χ4v) is 1.50. The molecule has 14 heavy (non-hydrogen) atoms. The second-order valence-electron chi connectivity index (χ2n) is 2.98. The standard InChI is InChI=1S/C11H12BrClO/c1-8(7-12)6-9-10(13)4-3-5-11(9)14-2/h3-6H,7H2,1-2H3/b8-6-. The molecule has 0 aliphatic heterocycles. The Morgan fingerprint density at radius 2 is 2.29 bits per heavy atom. The highest BCUT2D eigenvalue weighted by Gasteiger charge is 2.04. The molecule has 76 valence electrons. The van der Waals surface area contributed by atoms with E-state index < -0.39 is 0 Å². The first-order valence-corrected chi connectivity index (χ1v) is 5.74. The van der Waals surface area contributed by atoms with E-state index in [1.807, 2.05) is 31.2 Å². The summed E-state index contributed by atoms with van der Waals surface area (Å²) in [5, 5.41) is 1.55. The average Bonchev–Trinajstić information content (AvgIpc) is 2.20. The first kappa shape index (κ1) is 11.6. The summed E-state index contributed by atoms with van der Waals surface area (Å²) in [6.07, 6.45) is 2.02. The minimum absolute atomic E-state index is 0.713. The van der Waals surface area contributed by atoms with Gasteiger partial charge in [-0.3, -0.25) is 0 Å². The van der Waals surface area contributed by atoms with Crippen LogP contribution in [0.2, 0.25) is 5.02 Å². The van der Waals surface area contributed by atoms with Gasteiger partial charge in [0, 0.05) is 10.9 Å². The summed E-state index contributed by atoms with van der Waals surface area (Å²) in [7, 11) is 1.65. The van der Waals surface area contributed by atoms with Crippen LogP contribution in [0.1, 0.15) is 12.5 Å². The maximum Gasteiger partial charge on any atom is 0.127 e. The number of benzene rings is 1. The minimum Gasteiger partial charge on any atom is -0.496 e. The lowest BCUT2D eigenvalue weighted by atomic mass is 10.1. The van der Waals surface area contributed by atoms with Crippen molar-refractivity contribution in [2.75, 3.05) is 12.4 Å². The quantitative estimate of drug-likeness (QED) is 0.753. The van der Waals surface area contributed by atoms with E-state index in [0.29, 0.717) is 5.02 Å².